The average molecular weight is 303 g/mol. The Bertz CT molecular complexity index is 363. The molecule has 0 atom stereocenters. The van der Waals surface area contributed by atoms with Gasteiger partial charge in [-0.25, -0.2) is 4.79 Å². The Kier molecular flexibility index (Phi) is 10.5. The minimum Gasteiger partial charge on any atom is -0.832 e. The van der Waals surface area contributed by atoms with E-state index in [0.717, 1.165) is 0 Å². The number of carboxylic acids is 1. The first-order valence-corrected chi connectivity index (χ1v) is 4.51. The van der Waals surface area contributed by atoms with Gasteiger partial charge in [-0.05, 0) is 28.1 Å². The number of para-hydroxylation sites is 1. The third kappa shape index (κ3) is 7.38. The number of aromatic carboxylic acids is 1. The van der Waals surface area contributed by atoms with E-state index in [-0.39, 0.29) is 34.6 Å². The van der Waals surface area contributed by atoms with E-state index < -0.39 is 13.3 Å². The average Bonchev–Trinajstić information content (AvgIpc) is 2.16. The first kappa shape index (κ1) is 18.8. The molecule has 0 fully saturated rings. The van der Waals surface area contributed by atoms with Crippen molar-refractivity contribution in [3.05, 3.63) is 28.2 Å². The fraction of sp³-hybridized carbons (Fsp3) is 0. The molecule has 6 nitrogen and oxygen atoms in total. The van der Waals surface area contributed by atoms with Crippen LogP contribution in [0, 0.1) is 0 Å². The molecule has 0 radical (unpaired) electrons. The van der Waals surface area contributed by atoms with E-state index >= 15 is 0 Å². The Labute approximate surface area is 116 Å². The third-order valence-electron chi connectivity index (χ3n) is 1.27. The molecule has 0 saturated heterocycles. The summed E-state index contributed by atoms with van der Waals surface area (Å²) in [5.74, 6) is -1.55. The van der Waals surface area contributed by atoms with Crippen LogP contribution in [0.25, 0.3) is 0 Å². The van der Waals surface area contributed by atoms with Crippen molar-refractivity contribution < 1.29 is 53.3 Å². The summed E-state index contributed by atoms with van der Waals surface area (Å²) in [5, 5.41) is 31.3. The molecule has 0 bridgehead atoms. The normalized spacial score (nSPS) is 8.29. The number of hydrogen-bond donors (Lipinski definition) is 3. The molecule has 10 heteroatoms. The van der Waals surface area contributed by atoms with Crippen molar-refractivity contribution in [2.45, 2.75) is 0 Å². The fourth-order valence-corrected chi connectivity index (χ4v) is 1.18. The van der Waals surface area contributed by atoms with Crippen LogP contribution >= 0.6 is 15.9 Å². The maximum absolute atomic E-state index is 11.8. The van der Waals surface area contributed by atoms with Crippen LogP contribution in [0.2, 0.25) is 0 Å². The minimum atomic E-state index is -2.42. The largest absolute Gasteiger partial charge is 1.00 e. The second kappa shape index (κ2) is 9.47. The van der Waals surface area contributed by atoms with E-state index in [1.54, 1.807) is 0 Å². The van der Waals surface area contributed by atoms with Crippen LogP contribution in [-0.4, -0.2) is 28.4 Å². The number of hydrogen-bond acceptors (Lipinski definition) is 5. The van der Waals surface area contributed by atoms with Crippen LogP contribution in [0.4, 0.5) is 4.53 Å². The minimum absolute atomic E-state index is 0. The standard InChI is InChI=1S/C7H4BrFO3.BH2O3.Li/c8-5-3-1-2-4(7(10)11)6(5)12-9;2-1(3)4;/h1-3H,(H,10,11);2-3H;/q;-1;+1. The van der Waals surface area contributed by atoms with Crippen LogP contribution in [0.15, 0.2) is 22.7 Å². The smallest absolute Gasteiger partial charge is 0.832 e. The van der Waals surface area contributed by atoms with Crippen molar-refractivity contribution >= 4 is 29.2 Å². The number of benzene rings is 1. The predicted octanol–water partition coefficient (Wildman–Crippen LogP) is -3.27. The summed E-state index contributed by atoms with van der Waals surface area (Å²) in [5.41, 5.74) is -0.216. The van der Waals surface area contributed by atoms with Gasteiger partial charge in [-0.15, -0.1) is 0 Å². The van der Waals surface area contributed by atoms with E-state index in [9.17, 15) is 9.32 Å². The maximum atomic E-state index is 11.8. The van der Waals surface area contributed by atoms with E-state index in [4.69, 9.17) is 20.2 Å². The van der Waals surface area contributed by atoms with E-state index in [1.165, 1.54) is 18.2 Å². The van der Waals surface area contributed by atoms with Crippen molar-refractivity contribution in [2.24, 2.45) is 0 Å². The van der Waals surface area contributed by atoms with Crippen LogP contribution in [-0.2, 0) is 0 Å². The Balaban J connectivity index is 0. The van der Waals surface area contributed by atoms with Gasteiger partial charge in [0, 0.05) is 4.53 Å². The molecule has 0 aromatic heterocycles. The molecule has 0 saturated carbocycles. The van der Waals surface area contributed by atoms with Gasteiger partial charge in [-0.2, -0.15) is 0 Å². The van der Waals surface area contributed by atoms with Crippen LogP contribution in [0.1, 0.15) is 10.4 Å². The second-order valence-electron chi connectivity index (χ2n) is 2.33. The molecule has 0 amide bonds. The molecule has 3 N–H and O–H groups in total. The van der Waals surface area contributed by atoms with Crippen LogP contribution < -0.4 is 28.8 Å². The molecule has 0 aliphatic carbocycles. The first-order valence-electron chi connectivity index (χ1n) is 3.72. The summed E-state index contributed by atoms with van der Waals surface area (Å²) in [6.07, 6.45) is 0. The van der Waals surface area contributed by atoms with E-state index in [1.807, 2.05) is 0 Å². The molecule has 1 aromatic carbocycles. The summed E-state index contributed by atoms with van der Waals surface area (Å²) >= 11 is 2.95. The van der Waals surface area contributed by atoms with Crippen molar-refractivity contribution in [1.82, 2.24) is 0 Å². The predicted molar refractivity (Wildman–Crippen MR) is 53.0 cm³/mol. The number of carboxylic acid groups (broad SMARTS) is 1. The van der Waals surface area contributed by atoms with Gasteiger partial charge in [0.1, 0.15) is 5.56 Å². The van der Waals surface area contributed by atoms with Gasteiger partial charge in [-0.1, -0.05) is 6.07 Å². The molecule has 1 aromatic rings. The molecule has 17 heavy (non-hydrogen) atoms. The summed E-state index contributed by atoms with van der Waals surface area (Å²) in [4.78, 5) is 13.9. The summed E-state index contributed by atoms with van der Waals surface area (Å²) < 4.78 is 12.1. The van der Waals surface area contributed by atoms with Crippen molar-refractivity contribution in [3.8, 4) is 5.75 Å². The summed E-state index contributed by atoms with van der Waals surface area (Å²) in [6, 6.07) is 4.22. The number of halogens is 2. The molecule has 0 heterocycles. The molecule has 1 rings (SSSR count). The Hall–Kier alpha value is -0.558. The van der Waals surface area contributed by atoms with Gasteiger partial charge >= 0.3 is 32.2 Å². The summed E-state index contributed by atoms with van der Waals surface area (Å²) in [7, 11) is -2.42. The molecule has 0 unspecified atom stereocenters. The van der Waals surface area contributed by atoms with Crippen molar-refractivity contribution in [3.63, 3.8) is 0 Å². The Morgan fingerprint density at radius 1 is 1.47 bits per heavy atom. The van der Waals surface area contributed by atoms with Gasteiger partial charge in [0.2, 0.25) is 5.75 Å². The SMILES string of the molecule is O=C(O)c1cccc(Br)c1OF.[Li+].[O-]B(O)O. The van der Waals surface area contributed by atoms with Gasteiger partial charge in [-0.3, -0.25) is 4.94 Å². The molecular formula is C7H6BBrFLiO6. The molecule has 0 aliphatic heterocycles. The zero-order chi connectivity index (χ0) is 12.7. The van der Waals surface area contributed by atoms with Crippen molar-refractivity contribution in [1.29, 1.82) is 0 Å². The molecular weight excluding hydrogens is 297 g/mol. The second-order valence-corrected chi connectivity index (χ2v) is 3.18. The van der Waals surface area contributed by atoms with Crippen LogP contribution in [0.5, 0.6) is 5.75 Å². The zero-order valence-electron chi connectivity index (χ0n) is 8.63. The van der Waals surface area contributed by atoms with E-state index in [0.29, 0.717) is 0 Å². The maximum Gasteiger partial charge on any atom is 1.00 e. The van der Waals surface area contributed by atoms with Gasteiger partial charge in [0.25, 0.3) is 0 Å². The zero-order valence-corrected chi connectivity index (χ0v) is 10.2. The third-order valence-corrected chi connectivity index (χ3v) is 1.90. The topological polar surface area (TPSA) is 110 Å². The van der Waals surface area contributed by atoms with Gasteiger partial charge < -0.3 is 20.2 Å². The monoisotopic (exact) mass is 302 g/mol. The summed E-state index contributed by atoms with van der Waals surface area (Å²) in [6.45, 7) is 0. The number of rotatable bonds is 2. The van der Waals surface area contributed by atoms with Crippen molar-refractivity contribution in [2.75, 3.05) is 0 Å². The van der Waals surface area contributed by atoms with E-state index in [2.05, 4.69) is 20.9 Å². The first-order chi connectivity index (χ1) is 7.40. The molecule has 0 spiro atoms. The van der Waals surface area contributed by atoms with Gasteiger partial charge in [0.05, 0.1) is 4.47 Å². The van der Waals surface area contributed by atoms with Gasteiger partial charge in [0.15, 0.2) is 0 Å². The fourth-order valence-electron chi connectivity index (χ4n) is 0.756. The molecule has 0 aliphatic rings. The quantitative estimate of drug-likeness (QED) is 0.495. The number of carbonyl (C=O) groups is 1. The Morgan fingerprint density at radius 2 is 1.94 bits per heavy atom. The Morgan fingerprint density at radius 3 is 2.24 bits per heavy atom. The van der Waals surface area contributed by atoms with Crippen LogP contribution in [0.3, 0.4) is 0 Å². The molecule has 88 valence electrons.